The van der Waals surface area contributed by atoms with Gasteiger partial charge in [0, 0.05) is 5.56 Å². The lowest BCUT2D eigenvalue weighted by Gasteiger charge is -2.08. The van der Waals surface area contributed by atoms with Crippen molar-refractivity contribution in [2.24, 2.45) is 5.10 Å². The topological polar surface area (TPSA) is 50.7 Å². The van der Waals surface area contributed by atoms with Crippen LogP contribution in [0.3, 0.4) is 0 Å². The van der Waals surface area contributed by atoms with Gasteiger partial charge in [0.15, 0.2) is 6.61 Å². The largest absolute Gasteiger partial charge is 0.484 e. The second-order valence-corrected chi connectivity index (χ2v) is 6.13. The van der Waals surface area contributed by atoms with Crippen LogP contribution in [-0.2, 0) is 4.79 Å². The number of carbonyl (C=O) groups excluding carboxylic acids is 1. The van der Waals surface area contributed by atoms with Crippen molar-refractivity contribution >= 4 is 33.7 Å². The van der Waals surface area contributed by atoms with Crippen molar-refractivity contribution in [3.05, 3.63) is 90.5 Å². The smallest absolute Gasteiger partial charge is 0.277 e. The van der Waals surface area contributed by atoms with Gasteiger partial charge in [-0.3, -0.25) is 4.79 Å². The van der Waals surface area contributed by atoms with Crippen LogP contribution >= 0.6 is 0 Å². The Kier molecular flexibility index (Phi) is 4.79. The molecule has 0 fully saturated rings. The first-order valence-corrected chi connectivity index (χ1v) is 8.71. The zero-order chi connectivity index (χ0) is 18.5. The molecule has 0 aliphatic heterocycles. The number of amides is 1. The maximum absolute atomic E-state index is 12.0. The molecule has 4 rings (SSSR count). The summed E-state index contributed by atoms with van der Waals surface area (Å²) in [7, 11) is 0. The Bertz CT molecular complexity index is 1070. The number of ether oxygens (including phenoxy) is 1. The maximum atomic E-state index is 12.0. The Balaban J connectivity index is 1.54. The Morgan fingerprint density at radius 2 is 1.44 bits per heavy atom. The zero-order valence-corrected chi connectivity index (χ0v) is 14.6. The third-order valence-electron chi connectivity index (χ3n) is 4.31. The molecule has 0 aromatic heterocycles. The Morgan fingerprint density at radius 1 is 0.852 bits per heavy atom. The summed E-state index contributed by atoms with van der Waals surface area (Å²) >= 11 is 0. The summed E-state index contributed by atoms with van der Waals surface area (Å²) in [6.45, 7) is -0.0857. The van der Waals surface area contributed by atoms with E-state index in [0.717, 1.165) is 27.1 Å². The number of hydrogen-bond acceptors (Lipinski definition) is 3. The molecule has 0 saturated carbocycles. The third kappa shape index (κ3) is 3.80. The maximum Gasteiger partial charge on any atom is 0.277 e. The highest BCUT2D eigenvalue weighted by molar-refractivity contribution is 6.13. The minimum Gasteiger partial charge on any atom is -0.484 e. The van der Waals surface area contributed by atoms with Crippen molar-refractivity contribution in [1.29, 1.82) is 0 Å². The molecule has 132 valence electrons. The van der Waals surface area contributed by atoms with Crippen LogP contribution in [0.2, 0.25) is 0 Å². The molecule has 0 aliphatic carbocycles. The minimum absolute atomic E-state index is 0.0857. The summed E-state index contributed by atoms with van der Waals surface area (Å²) in [5, 5.41) is 8.61. The first-order chi connectivity index (χ1) is 13.3. The quantitative estimate of drug-likeness (QED) is 0.325. The molecule has 0 saturated heterocycles. The number of hydrazone groups is 1. The van der Waals surface area contributed by atoms with Crippen LogP contribution in [0.5, 0.6) is 5.75 Å². The predicted octanol–water partition coefficient (Wildman–Crippen LogP) is 4.52. The molecule has 0 atom stereocenters. The summed E-state index contributed by atoms with van der Waals surface area (Å²) in [6.07, 6.45) is 1.70. The number of nitrogens with zero attached hydrogens (tertiary/aromatic N) is 1. The monoisotopic (exact) mass is 354 g/mol. The molecule has 1 amide bonds. The summed E-state index contributed by atoms with van der Waals surface area (Å²) in [4.78, 5) is 12.0. The second kappa shape index (κ2) is 7.70. The van der Waals surface area contributed by atoms with Gasteiger partial charge in [0.2, 0.25) is 0 Å². The van der Waals surface area contributed by atoms with E-state index in [9.17, 15) is 4.79 Å². The van der Waals surface area contributed by atoms with Gasteiger partial charge >= 0.3 is 0 Å². The van der Waals surface area contributed by atoms with E-state index in [1.54, 1.807) is 18.3 Å². The highest BCUT2D eigenvalue weighted by Crippen LogP contribution is 2.27. The molecule has 0 heterocycles. The SMILES string of the molecule is O=C(COc1ccccc1)N/N=C\c1c2ccccc2cc2ccccc12. The van der Waals surface area contributed by atoms with Crippen LogP contribution in [-0.4, -0.2) is 18.7 Å². The number of rotatable bonds is 5. The summed E-state index contributed by atoms with van der Waals surface area (Å²) in [5.74, 6) is 0.344. The van der Waals surface area contributed by atoms with Crippen molar-refractivity contribution in [2.45, 2.75) is 0 Å². The lowest BCUT2D eigenvalue weighted by molar-refractivity contribution is -0.123. The van der Waals surface area contributed by atoms with Crippen LogP contribution < -0.4 is 10.2 Å². The van der Waals surface area contributed by atoms with Gasteiger partial charge in [0.1, 0.15) is 5.75 Å². The van der Waals surface area contributed by atoms with Crippen LogP contribution in [0, 0.1) is 0 Å². The average molecular weight is 354 g/mol. The molecule has 4 heteroatoms. The normalized spacial score (nSPS) is 11.1. The highest BCUT2D eigenvalue weighted by Gasteiger charge is 2.06. The van der Waals surface area contributed by atoms with Crippen molar-refractivity contribution < 1.29 is 9.53 Å². The van der Waals surface area contributed by atoms with E-state index in [1.165, 1.54) is 0 Å². The molecule has 1 N–H and O–H groups in total. The third-order valence-corrected chi connectivity index (χ3v) is 4.31. The molecule has 0 spiro atoms. The molecular formula is C23H18N2O2. The van der Waals surface area contributed by atoms with Crippen LogP contribution in [0.25, 0.3) is 21.5 Å². The van der Waals surface area contributed by atoms with E-state index in [1.807, 2.05) is 42.5 Å². The molecule has 0 aliphatic rings. The Morgan fingerprint density at radius 3 is 2.11 bits per heavy atom. The van der Waals surface area contributed by atoms with Gasteiger partial charge in [-0.25, -0.2) is 5.43 Å². The van der Waals surface area contributed by atoms with Crippen molar-refractivity contribution in [1.82, 2.24) is 5.43 Å². The summed E-state index contributed by atoms with van der Waals surface area (Å²) < 4.78 is 5.43. The van der Waals surface area contributed by atoms with E-state index >= 15 is 0 Å². The number of nitrogens with one attached hydrogen (secondary N) is 1. The van der Waals surface area contributed by atoms with Crippen LogP contribution in [0.1, 0.15) is 5.56 Å². The first kappa shape index (κ1) is 16.8. The number of hydrogen-bond donors (Lipinski definition) is 1. The predicted molar refractivity (Wildman–Crippen MR) is 109 cm³/mol. The van der Waals surface area contributed by atoms with Gasteiger partial charge in [-0.15, -0.1) is 0 Å². The Labute approximate surface area is 157 Å². The van der Waals surface area contributed by atoms with Gasteiger partial charge in [0.25, 0.3) is 5.91 Å². The molecule has 4 nitrogen and oxygen atoms in total. The molecule has 0 bridgehead atoms. The first-order valence-electron chi connectivity index (χ1n) is 8.71. The summed E-state index contributed by atoms with van der Waals surface area (Å²) in [6, 6.07) is 27.7. The van der Waals surface area contributed by atoms with Crippen LogP contribution in [0.15, 0.2) is 90.0 Å². The fourth-order valence-corrected chi connectivity index (χ4v) is 3.05. The lowest BCUT2D eigenvalue weighted by Crippen LogP contribution is -2.24. The van der Waals surface area contributed by atoms with Gasteiger partial charge in [-0.05, 0) is 39.7 Å². The molecule has 4 aromatic rings. The fraction of sp³-hybridized carbons (Fsp3) is 0.0435. The summed E-state index contributed by atoms with van der Waals surface area (Å²) in [5.41, 5.74) is 3.52. The minimum atomic E-state index is -0.306. The van der Waals surface area contributed by atoms with Crippen LogP contribution in [0.4, 0.5) is 0 Å². The average Bonchev–Trinajstić information content (AvgIpc) is 2.72. The number of benzene rings is 4. The number of fused-ring (bicyclic) bond motifs is 2. The molecule has 0 unspecified atom stereocenters. The molecule has 0 radical (unpaired) electrons. The highest BCUT2D eigenvalue weighted by atomic mass is 16.5. The van der Waals surface area contributed by atoms with Gasteiger partial charge < -0.3 is 4.74 Å². The fourth-order valence-electron chi connectivity index (χ4n) is 3.05. The zero-order valence-electron chi connectivity index (χ0n) is 14.6. The van der Waals surface area contributed by atoms with Gasteiger partial charge in [-0.1, -0.05) is 66.7 Å². The second-order valence-electron chi connectivity index (χ2n) is 6.13. The molecule has 27 heavy (non-hydrogen) atoms. The van der Waals surface area contributed by atoms with Gasteiger partial charge in [0.05, 0.1) is 6.21 Å². The number of carbonyl (C=O) groups is 1. The van der Waals surface area contributed by atoms with Crippen molar-refractivity contribution in [2.75, 3.05) is 6.61 Å². The van der Waals surface area contributed by atoms with E-state index in [-0.39, 0.29) is 12.5 Å². The van der Waals surface area contributed by atoms with Gasteiger partial charge in [-0.2, -0.15) is 5.10 Å². The van der Waals surface area contributed by atoms with Crippen molar-refractivity contribution in [3.63, 3.8) is 0 Å². The van der Waals surface area contributed by atoms with E-state index in [0.29, 0.717) is 5.75 Å². The lowest BCUT2D eigenvalue weighted by atomic mass is 9.97. The van der Waals surface area contributed by atoms with Crippen molar-refractivity contribution in [3.8, 4) is 5.75 Å². The number of para-hydroxylation sites is 1. The van der Waals surface area contributed by atoms with E-state index < -0.39 is 0 Å². The van der Waals surface area contributed by atoms with E-state index in [4.69, 9.17) is 4.74 Å². The standard InChI is InChI=1S/C23H18N2O2/c26-23(16-27-19-10-2-1-3-11-19)25-24-15-22-20-12-6-4-8-17(20)14-18-9-5-7-13-21(18)22/h1-15H,16H2,(H,25,26)/b24-15-. The Hall–Kier alpha value is -3.66. The molecular weight excluding hydrogens is 336 g/mol. The molecule has 4 aromatic carbocycles. The van der Waals surface area contributed by atoms with E-state index in [2.05, 4.69) is 40.9 Å².